The molecule has 0 aliphatic rings. The van der Waals surface area contributed by atoms with Crippen LogP contribution in [-0.4, -0.2) is 46.5 Å². The molecule has 0 unspecified atom stereocenters. The van der Waals surface area contributed by atoms with Gasteiger partial charge < -0.3 is 16.0 Å². The average molecular weight is 286 g/mol. The Bertz CT molecular complexity index is 525. The van der Waals surface area contributed by atoms with Crippen LogP contribution in [-0.2, 0) is 10.0 Å². The van der Waals surface area contributed by atoms with E-state index in [0.29, 0.717) is 5.69 Å². The van der Waals surface area contributed by atoms with Crippen molar-refractivity contribution in [1.82, 2.24) is 14.9 Å². The highest BCUT2D eigenvalue weighted by atomic mass is 32.2. The Morgan fingerprint density at radius 1 is 1.21 bits per heavy atom. The number of rotatable bonds is 5. The molecule has 19 heavy (non-hydrogen) atoms. The fraction of sp³-hybridized carbons (Fsp3) is 0.364. The van der Waals surface area contributed by atoms with E-state index in [-0.39, 0.29) is 24.0 Å². The molecule has 106 valence electrons. The summed E-state index contributed by atoms with van der Waals surface area (Å²) in [6, 6.07) is 5.61. The summed E-state index contributed by atoms with van der Waals surface area (Å²) in [5, 5.41) is 2.56. The predicted molar refractivity (Wildman–Crippen MR) is 73.1 cm³/mol. The van der Waals surface area contributed by atoms with Crippen molar-refractivity contribution in [2.45, 2.75) is 4.90 Å². The summed E-state index contributed by atoms with van der Waals surface area (Å²) in [7, 11) is -0.356. The molecule has 0 aliphatic carbocycles. The van der Waals surface area contributed by atoms with E-state index < -0.39 is 10.0 Å². The Balaban J connectivity index is 2.48. The van der Waals surface area contributed by atoms with Crippen molar-refractivity contribution in [3.63, 3.8) is 0 Å². The van der Waals surface area contributed by atoms with Gasteiger partial charge >= 0.3 is 6.03 Å². The fourth-order valence-corrected chi connectivity index (χ4v) is 2.28. The average Bonchev–Trinajstić information content (AvgIpc) is 2.34. The number of urea groups is 1. The first-order valence-electron chi connectivity index (χ1n) is 5.63. The molecule has 0 fully saturated rings. The zero-order valence-electron chi connectivity index (χ0n) is 10.9. The standard InChI is InChI=1S/C11H18N4O3S/c1-15(2)11(16)13-7-8-14-19(17,18)10-5-3-9(12)4-6-10/h3-6,14H,7-8,12H2,1-2H3,(H,13,16). The van der Waals surface area contributed by atoms with Crippen LogP contribution in [0.1, 0.15) is 0 Å². The monoisotopic (exact) mass is 286 g/mol. The van der Waals surface area contributed by atoms with Crippen molar-refractivity contribution in [2.24, 2.45) is 0 Å². The van der Waals surface area contributed by atoms with E-state index in [4.69, 9.17) is 5.73 Å². The van der Waals surface area contributed by atoms with Crippen LogP contribution in [0.15, 0.2) is 29.2 Å². The van der Waals surface area contributed by atoms with Crippen LogP contribution in [0.25, 0.3) is 0 Å². The van der Waals surface area contributed by atoms with Gasteiger partial charge in [0.2, 0.25) is 10.0 Å². The zero-order valence-corrected chi connectivity index (χ0v) is 11.7. The molecule has 0 atom stereocenters. The third kappa shape index (κ3) is 4.76. The smallest absolute Gasteiger partial charge is 0.316 e. The molecule has 0 bridgehead atoms. The highest BCUT2D eigenvalue weighted by Gasteiger charge is 2.12. The molecule has 1 aromatic rings. The molecule has 0 saturated heterocycles. The van der Waals surface area contributed by atoms with Crippen LogP contribution in [0.2, 0.25) is 0 Å². The van der Waals surface area contributed by atoms with Gasteiger partial charge in [-0.2, -0.15) is 0 Å². The van der Waals surface area contributed by atoms with E-state index in [9.17, 15) is 13.2 Å². The molecule has 0 aliphatic heterocycles. The van der Waals surface area contributed by atoms with Gasteiger partial charge in [0, 0.05) is 32.9 Å². The first-order valence-corrected chi connectivity index (χ1v) is 7.11. The molecular formula is C11H18N4O3S. The molecule has 1 rings (SSSR count). The van der Waals surface area contributed by atoms with Gasteiger partial charge in [0.05, 0.1) is 4.90 Å². The number of amides is 2. The number of carbonyl (C=O) groups is 1. The molecule has 2 amide bonds. The van der Waals surface area contributed by atoms with Crippen molar-refractivity contribution in [1.29, 1.82) is 0 Å². The molecule has 0 heterocycles. The van der Waals surface area contributed by atoms with Gasteiger partial charge in [-0.25, -0.2) is 17.9 Å². The molecule has 8 heteroatoms. The number of carbonyl (C=O) groups excluding carboxylic acids is 1. The van der Waals surface area contributed by atoms with E-state index in [2.05, 4.69) is 10.0 Å². The summed E-state index contributed by atoms with van der Waals surface area (Å²) in [4.78, 5) is 12.7. The van der Waals surface area contributed by atoms with Crippen molar-refractivity contribution in [3.8, 4) is 0 Å². The first kappa shape index (κ1) is 15.3. The highest BCUT2D eigenvalue weighted by molar-refractivity contribution is 7.89. The number of sulfonamides is 1. The molecule has 0 spiro atoms. The van der Waals surface area contributed by atoms with Gasteiger partial charge in [0.15, 0.2) is 0 Å². The Morgan fingerprint density at radius 3 is 2.32 bits per heavy atom. The summed E-state index contributed by atoms with van der Waals surface area (Å²) in [5.41, 5.74) is 5.98. The van der Waals surface area contributed by atoms with Crippen LogP contribution >= 0.6 is 0 Å². The molecule has 0 aromatic heterocycles. The maximum atomic E-state index is 11.8. The number of nitrogen functional groups attached to an aromatic ring is 1. The van der Waals surface area contributed by atoms with Crippen LogP contribution in [0, 0.1) is 0 Å². The lowest BCUT2D eigenvalue weighted by molar-refractivity contribution is 0.217. The second kappa shape index (κ2) is 6.39. The minimum absolute atomic E-state index is 0.117. The molecule has 0 radical (unpaired) electrons. The Kier molecular flexibility index (Phi) is 5.13. The molecule has 1 aromatic carbocycles. The lowest BCUT2D eigenvalue weighted by Crippen LogP contribution is -2.39. The van der Waals surface area contributed by atoms with Gasteiger partial charge in [-0.3, -0.25) is 0 Å². The number of hydrogen-bond donors (Lipinski definition) is 3. The summed E-state index contributed by atoms with van der Waals surface area (Å²) >= 11 is 0. The van der Waals surface area contributed by atoms with Gasteiger partial charge in [-0.05, 0) is 24.3 Å². The second-order valence-electron chi connectivity index (χ2n) is 4.09. The number of nitrogens with zero attached hydrogens (tertiary/aromatic N) is 1. The Morgan fingerprint density at radius 2 is 1.79 bits per heavy atom. The number of hydrogen-bond acceptors (Lipinski definition) is 4. The highest BCUT2D eigenvalue weighted by Crippen LogP contribution is 2.10. The van der Waals surface area contributed by atoms with E-state index in [1.54, 1.807) is 14.1 Å². The zero-order chi connectivity index (χ0) is 14.5. The first-order chi connectivity index (χ1) is 8.83. The SMILES string of the molecule is CN(C)C(=O)NCCNS(=O)(=O)c1ccc(N)cc1. The summed E-state index contributed by atoms with van der Waals surface area (Å²) in [6.07, 6.45) is 0. The van der Waals surface area contributed by atoms with Crippen LogP contribution < -0.4 is 15.8 Å². The van der Waals surface area contributed by atoms with Crippen LogP contribution in [0.5, 0.6) is 0 Å². The lowest BCUT2D eigenvalue weighted by Gasteiger charge is -2.12. The second-order valence-corrected chi connectivity index (χ2v) is 5.86. The largest absolute Gasteiger partial charge is 0.399 e. The van der Waals surface area contributed by atoms with Crippen molar-refractivity contribution in [2.75, 3.05) is 32.9 Å². The number of nitrogens with one attached hydrogen (secondary N) is 2. The van der Waals surface area contributed by atoms with Gasteiger partial charge in [0.25, 0.3) is 0 Å². The predicted octanol–water partition coefficient (Wildman–Crippen LogP) is -0.182. The van der Waals surface area contributed by atoms with Crippen molar-refractivity contribution >= 4 is 21.7 Å². The minimum Gasteiger partial charge on any atom is -0.399 e. The maximum absolute atomic E-state index is 11.8. The quantitative estimate of drug-likeness (QED) is 0.516. The van der Waals surface area contributed by atoms with E-state index in [1.165, 1.54) is 29.2 Å². The third-order valence-electron chi connectivity index (χ3n) is 2.29. The van der Waals surface area contributed by atoms with E-state index >= 15 is 0 Å². The molecule has 4 N–H and O–H groups in total. The number of anilines is 1. The summed E-state index contributed by atoms with van der Waals surface area (Å²) in [5.74, 6) is 0. The summed E-state index contributed by atoms with van der Waals surface area (Å²) in [6.45, 7) is 0.331. The van der Waals surface area contributed by atoms with E-state index in [1.807, 2.05) is 0 Å². The minimum atomic E-state index is -3.57. The Hall–Kier alpha value is -1.80. The molecular weight excluding hydrogens is 268 g/mol. The van der Waals surface area contributed by atoms with Crippen LogP contribution in [0.4, 0.5) is 10.5 Å². The summed E-state index contributed by atoms with van der Waals surface area (Å²) < 4.78 is 26.1. The fourth-order valence-electron chi connectivity index (χ4n) is 1.24. The van der Waals surface area contributed by atoms with Gasteiger partial charge in [-0.1, -0.05) is 0 Å². The van der Waals surface area contributed by atoms with E-state index in [0.717, 1.165) is 0 Å². The lowest BCUT2D eigenvalue weighted by atomic mass is 10.3. The van der Waals surface area contributed by atoms with Crippen molar-refractivity contribution in [3.05, 3.63) is 24.3 Å². The van der Waals surface area contributed by atoms with Crippen molar-refractivity contribution < 1.29 is 13.2 Å². The maximum Gasteiger partial charge on any atom is 0.316 e. The number of benzene rings is 1. The number of nitrogens with two attached hydrogens (primary N) is 1. The molecule has 0 saturated carbocycles. The normalized spacial score (nSPS) is 11.1. The topological polar surface area (TPSA) is 105 Å². The molecule has 7 nitrogen and oxygen atoms in total. The third-order valence-corrected chi connectivity index (χ3v) is 3.77. The Labute approximate surface area is 112 Å². The van der Waals surface area contributed by atoms with Crippen LogP contribution in [0.3, 0.4) is 0 Å². The van der Waals surface area contributed by atoms with Gasteiger partial charge in [0.1, 0.15) is 0 Å². The van der Waals surface area contributed by atoms with Gasteiger partial charge in [-0.15, -0.1) is 0 Å².